The van der Waals surface area contributed by atoms with Gasteiger partial charge >= 0.3 is 0 Å². The average Bonchev–Trinajstić information content (AvgIpc) is 2.90. The molecule has 1 aliphatic heterocycles. The van der Waals surface area contributed by atoms with E-state index in [1.807, 2.05) is 78.9 Å². The topological polar surface area (TPSA) is 32.7 Å². The lowest BCUT2D eigenvalue weighted by Gasteiger charge is -2.16. The third-order valence-corrected chi connectivity index (χ3v) is 4.84. The second-order valence-corrected chi connectivity index (χ2v) is 6.66. The first-order valence-electron chi connectivity index (χ1n) is 8.02. The number of amides is 1. The van der Waals surface area contributed by atoms with E-state index in [-0.39, 0.29) is 5.91 Å². The van der Waals surface area contributed by atoms with Crippen LogP contribution < -0.4 is 4.90 Å². The van der Waals surface area contributed by atoms with E-state index in [4.69, 9.17) is 0 Å². The number of rotatable bonds is 3. The van der Waals surface area contributed by atoms with Crippen molar-refractivity contribution in [1.82, 2.24) is 0 Å². The van der Waals surface area contributed by atoms with Crippen LogP contribution >= 0.6 is 15.9 Å². The van der Waals surface area contributed by atoms with Gasteiger partial charge < -0.3 is 4.90 Å². The summed E-state index contributed by atoms with van der Waals surface area (Å²) in [4.78, 5) is 19.5. The van der Waals surface area contributed by atoms with Crippen molar-refractivity contribution in [3.8, 4) is 0 Å². The summed E-state index contributed by atoms with van der Waals surface area (Å²) in [5, 5.41) is 0. The van der Waals surface area contributed by atoms with Crippen molar-refractivity contribution in [3.63, 3.8) is 0 Å². The molecule has 0 aromatic heterocycles. The minimum atomic E-state index is -0.0687. The second-order valence-electron chi connectivity index (χ2n) is 5.81. The van der Waals surface area contributed by atoms with Crippen LogP contribution in [0.4, 0.5) is 11.4 Å². The molecule has 0 bridgehead atoms. The Morgan fingerprint density at radius 3 is 2.32 bits per heavy atom. The molecule has 0 aliphatic carbocycles. The predicted molar refractivity (Wildman–Crippen MR) is 104 cm³/mol. The molecule has 3 nitrogen and oxygen atoms in total. The Balaban J connectivity index is 1.78. The standard InChI is InChI=1S/C21H15BrN2O/c22-17-11-5-6-12-18(17)23-20-16-10-4-7-13-19(16)24(21(20)25)14-15-8-2-1-3-9-15/h1-13H,14H2. The molecule has 25 heavy (non-hydrogen) atoms. The summed E-state index contributed by atoms with van der Waals surface area (Å²) < 4.78 is 0.870. The highest BCUT2D eigenvalue weighted by molar-refractivity contribution is 9.10. The normalized spacial score (nSPS) is 14.8. The zero-order chi connectivity index (χ0) is 17.2. The molecule has 0 N–H and O–H groups in total. The van der Waals surface area contributed by atoms with Crippen LogP contribution in [-0.2, 0) is 11.3 Å². The minimum absolute atomic E-state index is 0.0687. The Kier molecular flexibility index (Phi) is 4.20. The number of hydrogen-bond donors (Lipinski definition) is 0. The van der Waals surface area contributed by atoms with E-state index in [0.29, 0.717) is 12.3 Å². The Hall–Kier alpha value is -2.72. The molecule has 0 saturated heterocycles. The maximum atomic E-state index is 13.1. The van der Waals surface area contributed by atoms with E-state index < -0.39 is 0 Å². The number of carbonyl (C=O) groups is 1. The van der Waals surface area contributed by atoms with Crippen molar-refractivity contribution in [1.29, 1.82) is 0 Å². The first-order valence-corrected chi connectivity index (χ1v) is 8.82. The monoisotopic (exact) mass is 390 g/mol. The summed E-state index contributed by atoms with van der Waals surface area (Å²) in [6.45, 7) is 0.533. The van der Waals surface area contributed by atoms with Gasteiger partial charge in [0.1, 0.15) is 5.71 Å². The predicted octanol–water partition coefficient (Wildman–Crippen LogP) is 5.12. The van der Waals surface area contributed by atoms with Gasteiger partial charge in [0.25, 0.3) is 5.91 Å². The quantitative estimate of drug-likeness (QED) is 0.610. The number of aliphatic imine (C=N–C) groups is 1. The number of nitrogens with zero attached hydrogens (tertiary/aromatic N) is 2. The fourth-order valence-electron chi connectivity index (χ4n) is 2.96. The van der Waals surface area contributed by atoms with E-state index in [1.54, 1.807) is 4.90 Å². The van der Waals surface area contributed by atoms with Gasteiger partial charge in [-0.1, -0.05) is 60.7 Å². The lowest BCUT2D eigenvalue weighted by atomic mass is 10.1. The molecule has 1 heterocycles. The molecule has 0 atom stereocenters. The number of fused-ring (bicyclic) bond motifs is 1. The number of halogens is 1. The Labute approximate surface area is 154 Å². The average molecular weight is 391 g/mol. The van der Waals surface area contributed by atoms with Crippen LogP contribution in [0.25, 0.3) is 0 Å². The van der Waals surface area contributed by atoms with Gasteiger partial charge in [0.15, 0.2) is 0 Å². The van der Waals surface area contributed by atoms with E-state index in [0.717, 1.165) is 27.0 Å². The van der Waals surface area contributed by atoms with Crippen LogP contribution in [0.2, 0.25) is 0 Å². The molecule has 3 aromatic carbocycles. The largest absolute Gasteiger partial charge is 0.302 e. The molecular weight excluding hydrogens is 376 g/mol. The van der Waals surface area contributed by atoms with Crippen LogP contribution in [-0.4, -0.2) is 11.6 Å². The zero-order valence-electron chi connectivity index (χ0n) is 13.4. The highest BCUT2D eigenvalue weighted by atomic mass is 79.9. The van der Waals surface area contributed by atoms with Crippen molar-refractivity contribution in [2.45, 2.75) is 6.54 Å². The molecular formula is C21H15BrN2O. The summed E-state index contributed by atoms with van der Waals surface area (Å²) in [7, 11) is 0. The highest BCUT2D eigenvalue weighted by Crippen LogP contribution is 2.33. The van der Waals surface area contributed by atoms with Crippen LogP contribution in [0, 0.1) is 0 Å². The lowest BCUT2D eigenvalue weighted by molar-refractivity contribution is -0.112. The number of para-hydroxylation sites is 2. The van der Waals surface area contributed by atoms with Gasteiger partial charge in [0.05, 0.1) is 17.9 Å². The maximum absolute atomic E-state index is 13.1. The SMILES string of the molecule is O=C1C(=Nc2ccccc2Br)c2ccccc2N1Cc1ccccc1. The maximum Gasteiger partial charge on any atom is 0.277 e. The van der Waals surface area contributed by atoms with Crippen molar-refractivity contribution < 1.29 is 4.79 Å². The van der Waals surface area contributed by atoms with E-state index in [9.17, 15) is 4.79 Å². The Bertz CT molecular complexity index is 966. The van der Waals surface area contributed by atoms with Crippen molar-refractivity contribution in [2.24, 2.45) is 4.99 Å². The minimum Gasteiger partial charge on any atom is -0.302 e. The highest BCUT2D eigenvalue weighted by Gasteiger charge is 2.33. The third-order valence-electron chi connectivity index (χ3n) is 4.17. The van der Waals surface area contributed by atoms with Crippen molar-refractivity contribution in [2.75, 3.05) is 4.90 Å². The molecule has 4 rings (SSSR count). The number of hydrogen-bond acceptors (Lipinski definition) is 2. The van der Waals surface area contributed by atoms with E-state index in [1.165, 1.54) is 0 Å². The van der Waals surface area contributed by atoms with Gasteiger partial charge in [-0.2, -0.15) is 0 Å². The molecule has 0 spiro atoms. The van der Waals surface area contributed by atoms with Gasteiger partial charge in [-0.25, -0.2) is 4.99 Å². The fourth-order valence-corrected chi connectivity index (χ4v) is 3.33. The summed E-state index contributed by atoms with van der Waals surface area (Å²) in [5.41, 5.74) is 4.11. The lowest BCUT2D eigenvalue weighted by Crippen LogP contribution is -2.29. The molecule has 0 unspecified atom stereocenters. The van der Waals surface area contributed by atoms with Gasteiger partial charge in [-0.3, -0.25) is 4.79 Å². The molecule has 1 aliphatic rings. The van der Waals surface area contributed by atoms with Crippen LogP contribution in [0.1, 0.15) is 11.1 Å². The summed E-state index contributed by atoms with van der Waals surface area (Å²) in [6.07, 6.45) is 0. The molecule has 122 valence electrons. The molecule has 0 radical (unpaired) electrons. The smallest absolute Gasteiger partial charge is 0.277 e. The van der Waals surface area contributed by atoms with Crippen LogP contribution in [0.15, 0.2) is 88.3 Å². The summed E-state index contributed by atoms with van der Waals surface area (Å²) in [6, 6.07) is 25.5. The molecule has 0 fully saturated rings. The van der Waals surface area contributed by atoms with Gasteiger partial charge in [-0.15, -0.1) is 0 Å². The number of carbonyl (C=O) groups excluding carboxylic acids is 1. The fraction of sp³-hybridized carbons (Fsp3) is 0.0476. The van der Waals surface area contributed by atoms with Crippen molar-refractivity contribution in [3.05, 3.63) is 94.5 Å². The van der Waals surface area contributed by atoms with Crippen LogP contribution in [0.3, 0.4) is 0 Å². The van der Waals surface area contributed by atoms with Gasteiger partial charge in [-0.05, 0) is 39.7 Å². The first kappa shape index (κ1) is 15.8. The molecule has 3 aromatic rings. The van der Waals surface area contributed by atoms with E-state index >= 15 is 0 Å². The summed E-state index contributed by atoms with van der Waals surface area (Å²) in [5.74, 6) is -0.0687. The Morgan fingerprint density at radius 1 is 0.840 bits per heavy atom. The number of anilines is 1. The second kappa shape index (κ2) is 6.65. The molecule has 1 amide bonds. The zero-order valence-corrected chi connectivity index (χ0v) is 15.0. The molecule has 0 saturated carbocycles. The number of benzene rings is 3. The molecule has 4 heteroatoms. The van der Waals surface area contributed by atoms with Crippen LogP contribution in [0.5, 0.6) is 0 Å². The van der Waals surface area contributed by atoms with Gasteiger partial charge in [0, 0.05) is 10.0 Å². The summed E-state index contributed by atoms with van der Waals surface area (Å²) >= 11 is 3.50. The van der Waals surface area contributed by atoms with Gasteiger partial charge in [0.2, 0.25) is 0 Å². The van der Waals surface area contributed by atoms with E-state index in [2.05, 4.69) is 20.9 Å². The third kappa shape index (κ3) is 3.01. The van der Waals surface area contributed by atoms with Crippen molar-refractivity contribution >= 4 is 38.9 Å². The Morgan fingerprint density at radius 2 is 1.52 bits per heavy atom. The first-order chi connectivity index (χ1) is 12.2.